The lowest BCUT2D eigenvalue weighted by Crippen LogP contribution is -2.18. The van der Waals surface area contributed by atoms with Crippen molar-refractivity contribution in [1.29, 1.82) is 0 Å². The highest BCUT2D eigenvalue weighted by Crippen LogP contribution is 2.35. The van der Waals surface area contributed by atoms with Crippen LogP contribution in [-0.4, -0.2) is 13.0 Å². The molecule has 6 heteroatoms. The van der Waals surface area contributed by atoms with Crippen LogP contribution in [-0.2, 0) is 6.18 Å². The van der Waals surface area contributed by atoms with Gasteiger partial charge in [0.05, 0.1) is 18.2 Å². The van der Waals surface area contributed by atoms with Gasteiger partial charge >= 0.3 is 6.18 Å². The Bertz CT molecular complexity index is 844. The van der Waals surface area contributed by atoms with Crippen LogP contribution in [0.2, 0.25) is 0 Å². The van der Waals surface area contributed by atoms with Gasteiger partial charge in [-0.15, -0.1) is 0 Å². The summed E-state index contributed by atoms with van der Waals surface area (Å²) in [6, 6.07) is 9.13. The van der Waals surface area contributed by atoms with Gasteiger partial charge in [-0.05, 0) is 54.5 Å². The third kappa shape index (κ3) is 5.06. The molecule has 0 saturated heterocycles. The molecule has 28 heavy (non-hydrogen) atoms. The van der Waals surface area contributed by atoms with Crippen LogP contribution in [0.25, 0.3) is 0 Å². The molecule has 0 aliphatic heterocycles. The monoisotopic (exact) mass is 393 g/mol. The van der Waals surface area contributed by atoms with Crippen LogP contribution in [0, 0.1) is 12.8 Å². The summed E-state index contributed by atoms with van der Waals surface area (Å²) in [5.74, 6) is 0.442. The molecule has 1 N–H and O–H groups in total. The van der Waals surface area contributed by atoms with Crippen molar-refractivity contribution >= 4 is 11.6 Å². The van der Waals surface area contributed by atoms with Crippen molar-refractivity contribution < 1.29 is 22.7 Å². The van der Waals surface area contributed by atoms with E-state index >= 15 is 0 Å². The van der Waals surface area contributed by atoms with Crippen LogP contribution in [0.5, 0.6) is 5.75 Å². The normalized spacial score (nSPS) is 12.8. The van der Waals surface area contributed by atoms with Gasteiger partial charge in [0.1, 0.15) is 5.75 Å². The number of methoxy groups -OCH3 is 1. The number of aryl methyl sites for hydroxylation is 1. The first-order valence-electron chi connectivity index (χ1n) is 9.20. The summed E-state index contributed by atoms with van der Waals surface area (Å²) in [6.45, 7) is 7.61. The zero-order valence-electron chi connectivity index (χ0n) is 16.8. The maximum absolute atomic E-state index is 13.2. The smallest absolute Gasteiger partial charge is 0.416 e. The molecule has 152 valence electrons. The number of halogens is 3. The van der Waals surface area contributed by atoms with Gasteiger partial charge in [-0.2, -0.15) is 13.2 Å². The summed E-state index contributed by atoms with van der Waals surface area (Å²) in [5, 5.41) is 2.60. The van der Waals surface area contributed by atoms with Crippen molar-refractivity contribution in [3.8, 4) is 5.75 Å². The third-order valence-electron chi connectivity index (χ3n) is 4.66. The number of ether oxygens (including phenoxy) is 1. The highest BCUT2D eigenvalue weighted by Gasteiger charge is 2.32. The van der Waals surface area contributed by atoms with E-state index in [0.29, 0.717) is 17.2 Å². The second kappa shape index (κ2) is 8.67. The van der Waals surface area contributed by atoms with Crippen LogP contribution in [0.15, 0.2) is 36.4 Å². The number of nitrogens with one attached hydrogen (secondary N) is 1. The molecule has 3 nitrogen and oxygen atoms in total. The number of carbonyl (C=O) groups excluding carboxylic acids is 1. The molecular formula is C22H26F3NO2. The number of rotatable bonds is 6. The average molecular weight is 393 g/mol. The van der Waals surface area contributed by atoms with E-state index in [-0.39, 0.29) is 17.2 Å². The Morgan fingerprint density at radius 2 is 1.82 bits per heavy atom. The van der Waals surface area contributed by atoms with Crippen LogP contribution in [0.4, 0.5) is 18.9 Å². The number of alkyl halides is 3. The lowest BCUT2D eigenvalue weighted by molar-refractivity contribution is -0.138. The van der Waals surface area contributed by atoms with E-state index in [1.165, 1.54) is 26.2 Å². The standard InChI is InChI=1S/C22H26F3NO2/c1-13(2)11-15(4)17-7-6-8-19(28-5)20(17)21(27)26-16-10-9-14(3)18(12-16)22(23,24)25/h6-10,12-13,15H,11H2,1-5H3,(H,26,27). The quantitative estimate of drug-likeness (QED) is 0.615. The van der Waals surface area contributed by atoms with E-state index in [4.69, 9.17) is 4.74 Å². The summed E-state index contributed by atoms with van der Waals surface area (Å²) < 4.78 is 44.9. The molecule has 0 radical (unpaired) electrons. The molecule has 0 aliphatic rings. The van der Waals surface area contributed by atoms with Gasteiger partial charge in [0.15, 0.2) is 0 Å². The van der Waals surface area contributed by atoms with Gasteiger partial charge in [0, 0.05) is 5.69 Å². The number of carbonyl (C=O) groups is 1. The number of benzene rings is 2. The van der Waals surface area contributed by atoms with E-state index < -0.39 is 17.6 Å². The van der Waals surface area contributed by atoms with E-state index in [1.807, 2.05) is 19.1 Å². The third-order valence-corrected chi connectivity index (χ3v) is 4.66. The summed E-state index contributed by atoms with van der Waals surface area (Å²) in [5.41, 5.74) is 0.602. The minimum atomic E-state index is -4.48. The summed E-state index contributed by atoms with van der Waals surface area (Å²) in [4.78, 5) is 13.0. The first-order chi connectivity index (χ1) is 13.0. The number of hydrogen-bond acceptors (Lipinski definition) is 2. The first kappa shape index (κ1) is 21.8. The van der Waals surface area contributed by atoms with Gasteiger partial charge < -0.3 is 10.1 Å². The highest BCUT2D eigenvalue weighted by molar-refractivity contribution is 6.07. The Labute approximate surface area is 163 Å². The van der Waals surface area contributed by atoms with Gasteiger partial charge in [-0.1, -0.05) is 39.0 Å². The fraction of sp³-hybridized carbons (Fsp3) is 0.409. The molecule has 2 rings (SSSR count). The number of hydrogen-bond donors (Lipinski definition) is 1. The summed E-state index contributed by atoms with van der Waals surface area (Å²) >= 11 is 0. The van der Waals surface area contributed by atoms with Crippen molar-refractivity contribution in [3.63, 3.8) is 0 Å². The minimum absolute atomic E-state index is 0.0938. The van der Waals surface area contributed by atoms with Crippen molar-refractivity contribution in [3.05, 3.63) is 58.7 Å². The lowest BCUT2D eigenvalue weighted by atomic mass is 9.88. The minimum Gasteiger partial charge on any atom is -0.496 e. The van der Waals surface area contributed by atoms with Crippen molar-refractivity contribution in [2.45, 2.75) is 46.2 Å². The molecular weight excluding hydrogens is 367 g/mol. The maximum atomic E-state index is 13.2. The molecule has 0 fully saturated rings. The molecule has 2 aromatic carbocycles. The summed E-state index contributed by atoms with van der Waals surface area (Å²) in [6.07, 6.45) is -3.61. The van der Waals surface area contributed by atoms with Gasteiger partial charge in [-0.25, -0.2) is 0 Å². The number of amides is 1. The van der Waals surface area contributed by atoms with Crippen LogP contribution in [0.3, 0.4) is 0 Å². The molecule has 0 saturated carbocycles. The zero-order valence-corrected chi connectivity index (χ0v) is 16.8. The molecule has 0 bridgehead atoms. The fourth-order valence-electron chi connectivity index (χ4n) is 3.40. The van der Waals surface area contributed by atoms with E-state index in [9.17, 15) is 18.0 Å². The SMILES string of the molecule is COc1cccc(C(C)CC(C)C)c1C(=O)Nc1ccc(C)c(C(F)(F)F)c1. The topological polar surface area (TPSA) is 38.3 Å². The Kier molecular flexibility index (Phi) is 6.75. The lowest BCUT2D eigenvalue weighted by Gasteiger charge is -2.20. The highest BCUT2D eigenvalue weighted by atomic mass is 19.4. The Balaban J connectivity index is 2.42. The summed E-state index contributed by atoms with van der Waals surface area (Å²) in [7, 11) is 1.47. The van der Waals surface area contributed by atoms with Gasteiger partial charge in [0.2, 0.25) is 0 Å². The van der Waals surface area contributed by atoms with Crippen LogP contribution in [0.1, 0.15) is 60.2 Å². The Morgan fingerprint density at radius 3 is 2.39 bits per heavy atom. The van der Waals surface area contributed by atoms with Crippen LogP contribution >= 0.6 is 0 Å². The van der Waals surface area contributed by atoms with Crippen molar-refractivity contribution in [2.75, 3.05) is 12.4 Å². The second-order valence-electron chi connectivity index (χ2n) is 7.44. The molecule has 1 unspecified atom stereocenters. The molecule has 1 atom stereocenters. The molecule has 0 heterocycles. The van der Waals surface area contributed by atoms with E-state index in [0.717, 1.165) is 18.1 Å². The van der Waals surface area contributed by atoms with E-state index in [2.05, 4.69) is 19.2 Å². The fourth-order valence-corrected chi connectivity index (χ4v) is 3.40. The molecule has 0 aromatic heterocycles. The molecule has 1 amide bonds. The predicted molar refractivity (Wildman–Crippen MR) is 105 cm³/mol. The second-order valence-corrected chi connectivity index (χ2v) is 7.44. The van der Waals surface area contributed by atoms with Crippen molar-refractivity contribution in [2.24, 2.45) is 5.92 Å². The number of anilines is 1. The largest absolute Gasteiger partial charge is 0.496 e. The zero-order chi connectivity index (χ0) is 21.1. The first-order valence-corrected chi connectivity index (χ1v) is 9.20. The van der Waals surface area contributed by atoms with E-state index in [1.54, 1.807) is 6.07 Å². The average Bonchev–Trinajstić information content (AvgIpc) is 2.61. The molecule has 0 aliphatic carbocycles. The predicted octanol–water partition coefficient (Wildman–Crippen LogP) is 6.42. The maximum Gasteiger partial charge on any atom is 0.416 e. The Morgan fingerprint density at radius 1 is 1.14 bits per heavy atom. The van der Waals surface area contributed by atoms with Gasteiger partial charge in [0.25, 0.3) is 5.91 Å². The van der Waals surface area contributed by atoms with Gasteiger partial charge in [-0.3, -0.25) is 4.79 Å². The van der Waals surface area contributed by atoms with Crippen LogP contribution < -0.4 is 10.1 Å². The molecule has 2 aromatic rings. The molecule has 0 spiro atoms. The Hall–Kier alpha value is -2.50. The van der Waals surface area contributed by atoms with Crippen molar-refractivity contribution in [1.82, 2.24) is 0 Å².